The number of nitrogens with zero attached hydrogens (tertiary/aromatic N) is 1. The van der Waals surface area contributed by atoms with Crippen LogP contribution >= 0.6 is 9.39 Å². The molecule has 1 heterocycles. The van der Waals surface area contributed by atoms with Gasteiger partial charge in [-0.3, -0.25) is 4.67 Å². The van der Waals surface area contributed by atoms with Gasteiger partial charge in [-0.2, -0.15) is 0 Å². The van der Waals surface area contributed by atoms with E-state index in [4.69, 9.17) is 5.73 Å². The van der Waals surface area contributed by atoms with Gasteiger partial charge in [0.15, 0.2) is 0 Å². The summed E-state index contributed by atoms with van der Waals surface area (Å²) >= 11 is 0. The zero-order valence-corrected chi connectivity index (χ0v) is 9.47. The normalized spacial score (nSPS) is 19.8. The lowest BCUT2D eigenvalue weighted by atomic mass is 9.90. The van der Waals surface area contributed by atoms with Crippen molar-refractivity contribution in [3.63, 3.8) is 0 Å². The Kier molecular flexibility index (Phi) is 3.05. The first kappa shape index (κ1) is 9.95. The fourth-order valence-corrected chi connectivity index (χ4v) is 2.30. The number of piperidine rings is 1. The van der Waals surface area contributed by atoms with E-state index in [0.717, 1.165) is 11.6 Å². The molecule has 1 aliphatic heterocycles. The SMILES string of the molecule is Nc1ccc(C2CCN(P)CC2)cc1. The number of nitrogen functional groups attached to an aromatic ring is 1. The van der Waals surface area contributed by atoms with Crippen molar-refractivity contribution in [3.8, 4) is 0 Å². The molecular weight excluding hydrogens is 191 g/mol. The van der Waals surface area contributed by atoms with Crippen LogP contribution in [0.25, 0.3) is 0 Å². The minimum absolute atomic E-state index is 0.729. The van der Waals surface area contributed by atoms with Crippen molar-refractivity contribution in [2.45, 2.75) is 18.8 Å². The van der Waals surface area contributed by atoms with E-state index in [0.29, 0.717) is 0 Å². The Morgan fingerprint density at radius 1 is 1.14 bits per heavy atom. The predicted molar refractivity (Wildman–Crippen MR) is 64.1 cm³/mol. The lowest BCUT2D eigenvalue weighted by molar-refractivity contribution is 0.345. The van der Waals surface area contributed by atoms with Crippen molar-refractivity contribution in [1.82, 2.24) is 4.67 Å². The standard InChI is InChI=1S/C11H17N2P/c12-11-3-1-9(2-4-11)10-5-7-13(14)8-6-10/h1-4,10H,5-8,12,14H2. The summed E-state index contributed by atoms with van der Waals surface area (Å²) in [5.74, 6) is 0.729. The molecule has 14 heavy (non-hydrogen) atoms. The molecule has 1 unspecified atom stereocenters. The van der Waals surface area contributed by atoms with Crippen LogP contribution in [0.5, 0.6) is 0 Å². The Bertz CT molecular complexity index is 289. The first-order chi connectivity index (χ1) is 6.75. The quantitative estimate of drug-likeness (QED) is 0.566. The molecule has 76 valence electrons. The molecule has 0 amide bonds. The van der Waals surface area contributed by atoms with Gasteiger partial charge in [-0.25, -0.2) is 0 Å². The van der Waals surface area contributed by atoms with Crippen LogP contribution in [-0.2, 0) is 0 Å². The van der Waals surface area contributed by atoms with Gasteiger partial charge in [0, 0.05) is 18.8 Å². The van der Waals surface area contributed by atoms with Crippen molar-refractivity contribution in [1.29, 1.82) is 0 Å². The van der Waals surface area contributed by atoms with Crippen LogP contribution in [-0.4, -0.2) is 17.8 Å². The van der Waals surface area contributed by atoms with Crippen LogP contribution in [0.3, 0.4) is 0 Å². The number of rotatable bonds is 1. The fourth-order valence-electron chi connectivity index (χ4n) is 2.00. The average Bonchev–Trinajstić information content (AvgIpc) is 2.21. The summed E-state index contributed by atoms with van der Waals surface area (Å²) in [7, 11) is 2.78. The third-order valence-electron chi connectivity index (χ3n) is 2.94. The number of hydrogen-bond acceptors (Lipinski definition) is 2. The van der Waals surface area contributed by atoms with Gasteiger partial charge in [0.25, 0.3) is 0 Å². The molecule has 1 saturated heterocycles. The van der Waals surface area contributed by atoms with Gasteiger partial charge in [-0.05, 0) is 36.5 Å². The number of anilines is 1. The fraction of sp³-hybridized carbons (Fsp3) is 0.455. The van der Waals surface area contributed by atoms with Gasteiger partial charge in [-0.15, -0.1) is 0 Å². The summed E-state index contributed by atoms with van der Waals surface area (Å²) in [5, 5.41) is 0. The zero-order chi connectivity index (χ0) is 9.97. The van der Waals surface area contributed by atoms with E-state index in [2.05, 4.69) is 26.2 Å². The third kappa shape index (κ3) is 2.26. The van der Waals surface area contributed by atoms with Gasteiger partial charge < -0.3 is 5.73 Å². The first-order valence-electron chi connectivity index (χ1n) is 5.11. The number of hydrogen-bond donors (Lipinski definition) is 1. The van der Waals surface area contributed by atoms with Gasteiger partial charge in [0.05, 0.1) is 0 Å². The second kappa shape index (κ2) is 4.29. The van der Waals surface area contributed by atoms with E-state index in [-0.39, 0.29) is 0 Å². The summed E-state index contributed by atoms with van der Waals surface area (Å²) in [6.45, 7) is 2.36. The third-order valence-corrected chi connectivity index (χ3v) is 3.45. The van der Waals surface area contributed by atoms with Crippen LogP contribution in [0.4, 0.5) is 5.69 Å². The molecular formula is C11H17N2P. The molecule has 0 bridgehead atoms. The molecule has 0 aromatic heterocycles. The van der Waals surface area contributed by atoms with Crippen molar-refractivity contribution >= 4 is 15.1 Å². The summed E-state index contributed by atoms with van der Waals surface area (Å²) in [5.41, 5.74) is 7.97. The Hall–Kier alpha value is -0.590. The van der Waals surface area contributed by atoms with Gasteiger partial charge in [-0.1, -0.05) is 21.5 Å². The van der Waals surface area contributed by atoms with Crippen LogP contribution in [0.1, 0.15) is 24.3 Å². The predicted octanol–water partition coefficient (Wildman–Crippen LogP) is 2.24. The molecule has 0 saturated carbocycles. The average molecular weight is 208 g/mol. The molecule has 1 aromatic rings. The van der Waals surface area contributed by atoms with E-state index in [1.165, 1.54) is 31.5 Å². The molecule has 0 radical (unpaired) electrons. The molecule has 0 spiro atoms. The van der Waals surface area contributed by atoms with Crippen LogP contribution < -0.4 is 5.73 Å². The maximum atomic E-state index is 5.67. The second-order valence-corrected chi connectivity index (χ2v) is 4.71. The highest BCUT2D eigenvalue weighted by Crippen LogP contribution is 2.29. The van der Waals surface area contributed by atoms with E-state index < -0.39 is 0 Å². The van der Waals surface area contributed by atoms with E-state index in [9.17, 15) is 0 Å². The van der Waals surface area contributed by atoms with Crippen molar-refractivity contribution in [2.24, 2.45) is 0 Å². The maximum absolute atomic E-state index is 5.67. The molecule has 2 rings (SSSR count). The molecule has 2 nitrogen and oxygen atoms in total. The smallest absolute Gasteiger partial charge is 0.0314 e. The second-order valence-electron chi connectivity index (χ2n) is 3.98. The molecule has 3 heteroatoms. The lowest BCUT2D eigenvalue weighted by Crippen LogP contribution is -2.24. The number of benzene rings is 1. The topological polar surface area (TPSA) is 29.3 Å². The summed E-state index contributed by atoms with van der Waals surface area (Å²) in [4.78, 5) is 0. The maximum Gasteiger partial charge on any atom is 0.0314 e. The van der Waals surface area contributed by atoms with E-state index in [1.54, 1.807) is 0 Å². The Morgan fingerprint density at radius 3 is 2.29 bits per heavy atom. The van der Waals surface area contributed by atoms with Crippen LogP contribution in [0.2, 0.25) is 0 Å². The summed E-state index contributed by atoms with van der Waals surface area (Å²) < 4.78 is 2.31. The highest BCUT2D eigenvalue weighted by molar-refractivity contribution is 7.13. The Balaban J connectivity index is 2.05. The lowest BCUT2D eigenvalue weighted by Gasteiger charge is -2.28. The van der Waals surface area contributed by atoms with Crippen LogP contribution in [0.15, 0.2) is 24.3 Å². The van der Waals surface area contributed by atoms with Crippen LogP contribution in [0, 0.1) is 0 Å². The van der Waals surface area contributed by atoms with E-state index in [1.807, 2.05) is 12.1 Å². The Labute approximate surface area is 87.7 Å². The minimum atomic E-state index is 0.729. The Morgan fingerprint density at radius 2 is 1.71 bits per heavy atom. The molecule has 1 aromatic carbocycles. The number of nitrogens with two attached hydrogens (primary N) is 1. The molecule has 1 aliphatic rings. The largest absolute Gasteiger partial charge is 0.399 e. The van der Waals surface area contributed by atoms with Crippen molar-refractivity contribution < 1.29 is 0 Å². The van der Waals surface area contributed by atoms with Gasteiger partial charge in [0.2, 0.25) is 0 Å². The molecule has 1 atom stereocenters. The van der Waals surface area contributed by atoms with Gasteiger partial charge in [0.1, 0.15) is 0 Å². The van der Waals surface area contributed by atoms with E-state index >= 15 is 0 Å². The molecule has 2 N–H and O–H groups in total. The minimum Gasteiger partial charge on any atom is -0.399 e. The summed E-state index contributed by atoms with van der Waals surface area (Å²) in [6, 6.07) is 8.34. The molecule has 0 aliphatic carbocycles. The zero-order valence-electron chi connectivity index (χ0n) is 8.32. The highest BCUT2D eigenvalue weighted by Gasteiger charge is 2.17. The monoisotopic (exact) mass is 208 g/mol. The molecule has 1 fully saturated rings. The first-order valence-corrected chi connectivity index (χ1v) is 5.62. The van der Waals surface area contributed by atoms with Crippen molar-refractivity contribution in [2.75, 3.05) is 18.8 Å². The van der Waals surface area contributed by atoms with Gasteiger partial charge >= 0.3 is 0 Å². The highest BCUT2D eigenvalue weighted by atomic mass is 31.0. The van der Waals surface area contributed by atoms with Crippen molar-refractivity contribution in [3.05, 3.63) is 29.8 Å². The summed E-state index contributed by atoms with van der Waals surface area (Å²) in [6.07, 6.45) is 2.51.